The quantitative estimate of drug-likeness (QED) is 0.234. The third-order valence-electron chi connectivity index (χ3n) is 3.60. The van der Waals surface area contributed by atoms with E-state index in [0.717, 1.165) is 32.5 Å². The van der Waals surface area contributed by atoms with Crippen molar-refractivity contribution < 1.29 is 4.42 Å². The van der Waals surface area contributed by atoms with Gasteiger partial charge in [-0.15, -0.1) is 11.8 Å². The summed E-state index contributed by atoms with van der Waals surface area (Å²) in [4.78, 5) is 13.0. The molecule has 4 heteroatoms. The molecule has 0 spiro atoms. The molecule has 2 aromatic carbocycles. The number of rotatable bonds is 6. The van der Waals surface area contributed by atoms with E-state index in [0.29, 0.717) is 5.58 Å². The molecule has 0 fully saturated rings. The Balaban J connectivity index is 1.96. The summed E-state index contributed by atoms with van der Waals surface area (Å²) in [6.07, 6.45) is 2.34. The molecule has 0 amide bonds. The number of unbranched alkanes of at least 4 members (excludes halogenated alkanes) is 1. The molecule has 2 nitrogen and oxygen atoms in total. The van der Waals surface area contributed by atoms with E-state index in [1.807, 2.05) is 42.5 Å². The molecule has 0 aliphatic carbocycles. The lowest BCUT2D eigenvalue weighted by Crippen LogP contribution is -1.98. The first kappa shape index (κ1) is 16.3. The summed E-state index contributed by atoms with van der Waals surface area (Å²) in [6.45, 7) is 0. The molecule has 0 saturated heterocycles. The van der Waals surface area contributed by atoms with Crippen molar-refractivity contribution in [3.63, 3.8) is 0 Å². The number of halogens is 1. The molecule has 0 saturated carbocycles. The van der Waals surface area contributed by atoms with E-state index in [4.69, 9.17) is 4.42 Å². The van der Waals surface area contributed by atoms with Crippen LogP contribution in [0.1, 0.15) is 12.8 Å². The Hall–Kier alpha value is -1.52. The molecule has 0 N–H and O–H groups in total. The van der Waals surface area contributed by atoms with Crippen LogP contribution in [-0.4, -0.2) is 11.1 Å². The van der Waals surface area contributed by atoms with Gasteiger partial charge >= 0.3 is 5.63 Å². The number of benzene rings is 2. The Morgan fingerprint density at radius 3 is 2.61 bits per heavy atom. The fourth-order valence-corrected chi connectivity index (χ4v) is 3.81. The van der Waals surface area contributed by atoms with E-state index < -0.39 is 0 Å². The van der Waals surface area contributed by atoms with E-state index in [-0.39, 0.29) is 5.63 Å². The van der Waals surface area contributed by atoms with Crippen molar-refractivity contribution in [3.8, 4) is 11.1 Å². The molecule has 118 valence electrons. The summed E-state index contributed by atoms with van der Waals surface area (Å²) in [5, 5.41) is 2.02. The smallest absolute Gasteiger partial charge is 0.336 e. The number of fused-ring (bicyclic) bond motifs is 1. The number of thioether (sulfide) groups is 1. The Labute approximate surface area is 148 Å². The summed E-state index contributed by atoms with van der Waals surface area (Å²) in [5.41, 5.74) is 2.30. The molecule has 0 aliphatic heterocycles. The predicted molar refractivity (Wildman–Crippen MR) is 102 cm³/mol. The highest BCUT2D eigenvalue weighted by Crippen LogP contribution is 2.30. The largest absolute Gasteiger partial charge is 0.423 e. The summed E-state index contributed by atoms with van der Waals surface area (Å²) in [7, 11) is 0. The molecule has 3 rings (SSSR count). The van der Waals surface area contributed by atoms with Gasteiger partial charge < -0.3 is 4.42 Å². The lowest BCUT2D eigenvalue weighted by molar-refractivity contribution is 0.561. The first-order valence-electron chi connectivity index (χ1n) is 7.60. The normalized spacial score (nSPS) is 11.0. The molecule has 0 radical (unpaired) electrons. The van der Waals surface area contributed by atoms with E-state index >= 15 is 0 Å². The van der Waals surface area contributed by atoms with Crippen molar-refractivity contribution in [2.75, 3.05) is 11.1 Å². The molecule has 1 heterocycles. The summed E-state index contributed by atoms with van der Waals surface area (Å²) >= 11 is 5.25. The van der Waals surface area contributed by atoms with E-state index in [1.54, 1.807) is 17.8 Å². The average molecular weight is 389 g/mol. The SMILES string of the molecule is O=c1cc(-c2ccccc2)c2ccc(SCCCCBr)cc2o1. The molecular formula is C19H17BrO2S. The maximum atomic E-state index is 11.9. The molecule has 0 atom stereocenters. The topological polar surface area (TPSA) is 30.2 Å². The van der Waals surface area contributed by atoms with Crippen molar-refractivity contribution in [1.29, 1.82) is 0 Å². The van der Waals surface area contributed by atoms with Gasteiger partial charge in [-0.25, -0.2) is 4.79 Å². The maximum Gasteiger partial charge on any atom is 0.336 e. The first-order chi connectivity index (χ1) is 11.3. The fourth-order valence-electron chi connectivity index (χ4n) is 2.48. The Morgan fingerprint density at radius 2 is 1.83 bits per heavy atom. The summed E-state index contributed by atoms with van der Waals surface area (Å²) < 4.78 is 5.42. The third-order valence-corrected chi connectivity index (χ3v) is 5.24. The second-order valence-electron chi connectivity index (χ2n) is 5.25. The fraction of sp³-hybridized carbons (Fsp3) is 0.211. The lowest BCUT2D eigenvalue weighted by atomic mass is 10.0. The van der Waals surface area contributed by atoms with Gasteiger partial charge in [-0.1, -0.05) is 46.3 Å². The van der Waals surface area contributed by atoms with Gasteiger partial charge in [-0.2, -0.15) is 0 Å². The van der Waals surface area contributed by atoms with Crippen molar-refractivity contribution in [1.82, 2.24) is 0 Å². The number of hydrogen-bond donors (Lipinski definition) is 0. The standard InChI is InChI=1S/C19H17BrO2S/c20-10-4-5-11-23-15-8-9-16-17(14-6-2-1-3-7-14)13-19(21)22-18(16)12-15/h1-3,6-9,12-13H,4-5,10-11H2. The van der Waals surface area contributed by atoms with Crippen LogP contribution in [0.25, 0.3) is 22.1 Å². The van der Waals surface area contributed by atoms with Crippen molar-refractivity contribution in [2.45, 2.75) is 17.7 Å². The maximum absolute atomic E-state index is 11.9. The van der Waals surface area contributed by atoms with E-state index in [1.165, 1.54) is 12.8 Å². The Bertz CT molecular complexity index is 843. The molecular weight excluding hydrogens is 372 g/mol. The molecule has 3 aromatic rings. The minimum atomic E-state index is -0.308. The van der Waals surface area contributed by atoms with Crippen LogP contribution in [0, 0.1) is 0 Å². The van der Waals surface area contributed by atoms with Crippen LogP contribution in [0.4, 0.5) is 0 Å². The second kappa shape index (κ2) is 7.84. The van der Waals surface area contributed by atoms with Crippen molar-refractivity contribution in [3.05, 3.63) is 65.0 Å². The Kier molecular flexibility index (Phi) is 5.57. The van der Waals surface area contributed by atoms with Crippen LogP contribution in [0.15, 0.2) is 68.7 Å². The van der Waals surface area contributed by atoms with E-state index in [2.05, 4.69) is 22.0 Å². The highest BCUT2D eigenvalue weighted by atomic mass is 79.9. The number of alkyl halides is 1. The molecule has 23 heavy (non-hydrogen) atoms. The zero-order chi connectivity index (χ0) is 16.1. The summed E-state index contributed by atoms with van der Waals surface area (Å²) in [6, 6.07) is 17.6. The number of hydrogen-bond acceptors (Lipinski definition) is 3. The van der Waals surface area contributed by atoms with Gasteiger partial charge in [0.2, 0.25) is 0 Å². The zero-order valence-electron chi connectivity index (χ0n) is 12.6. The van der Waals surface area contributed by atoms with E-state index in [9.17, 15) is 4.79 Å². The minimum Gasteiger partial charge on any atom is -0.423 e. The zero-order valence-corrected chi connectivity index (χ0v) is 15.0. The summed E-state index contributed by atoms with van der Waals surface area (Å²) in [5.74, 6) is 1.07. The van der Waals surface area contributed by atoms with Crippen LogP contribution in [0.5, 0.6) is 0 Å². The van der Waals surface area contributed by atoms with Gasteiger partial charge in [-0.3, -0.25) is 0 Å². The molecule has 1 aromatic heterocycles. The van der Waals surface area contributed by atoms with Gasteiger partial charge in [-0.05, 0) is 47.9 Å². The van der Waals surface area contributed by atoms with Gasteiger partial charge in [0.15, 0.2) is 0 Å². The van der Waals surface area contributed by atoms with Gasteiger partial charge in [0.05, 0.1) is 0 Å². The minimum absolute atomic E-state index is 0.308. The third kappa shape index (κ3) is 4.06. The monoisotopic (exact) mass is 388 g/mol. The van der Waals surface area contributed by atoms with Crippen LogP contribution in [0.3, 0.4) is 0 Å². The van der Waals surface area contributed by atoms with Crippen LogP contribution in [-0.2, 0) is 0 Å². The first-order valence-corrected chi connectivity index (χ1v) is 9.71. The van der Waals surface area contributed by atoms with Crippen molar-refractivity contribution in [2.24, 2.45) is 0 Å². The molecule has 0 unspecified atom stereocenters. The average Bonchev–Trinajstić information content (AvgIpc) is 2.58. The molecule has 0 bridgehead atoms. The highest BCUT2D eigenvalue weighted by Gasteiger charge is 2.08. The highest BCUT2D eigenvalue weighted by molar-refractivity contribution is 9.09. The van der Waals surface area contributed by atoms with Gasteiger partial charge in [0.25, 0.3) is 0 Å². The molecule has 0 aliphatic rings. The van der Waals surface area contributed by atoms with Crippen LogP contribution in [0.2, 0.25) is 0 Å². The van der Waals surface area contributed by atoms with Gasteiger partial charge in [0.1, 0.15) is 5.58 Å². The second-order valence-corrected chi connectivity index (χ2v) is 7.21. The van der Waals surface area contributed by atoms with Gasteiger partial charge in [0, 0.05) is 21.7 Å². The lowest BCUT2D eigenvalue weighted by Gasteiger charge is -2.07. The Morgan fingerprint density at radius 1 is 1.00 bits per heavy atom. The van der Waals surface area contributed by atoms with Crippen LogP contribution < -0.4 is 5.63 Å². The van der Waals surface area contributed by atoms with Crippen LogP contribution >= 0.6 is 27.7 Å². The van der Waals surface area contributed by atoms with Crippen molar-refractivity contribution >= 4 is 38.7 Å². The predicted octanol–water partition coefficient (Wildman–Crippen LogP) is 5.73.